The Bertz CT molecular complexity index is 671. The number of aliphatic carboxylic acids is 1. The Morgan fingerprint density at radius 3 is 2.15 bits per heavy atom. The lowest BCUT2D eigenvalue weighted by Crippen LogP contribution is -2.55. The van der Waals surface area contributed by atoms with Crippen LogP contribution in [0.15, 0.2) is 30.3 Å². The molecule has 27 heavy (non-hydrogen) atoms. The van der Waals surface area contributed by atoms with Crippen LogP contribution in [0.3, 0.4) is 0 Å². The average molecular weight is 396 g/mol. The van der Waals surface area contributed by atoms with Gasteiger partial charge in [-0.1, -0.05) is 30.3 Å². The minimum atomic E-state index is -1.23. The number of primary amides is 1. The van der Waals surface area contributed by atoms with E-state index < -0.39 is 41.8 Å². The second-order valence-corrected chi connectivity index (χ2v) is 6.31. The highest BCUT2D eigenvalue weighted by Gasteiger charge is 2.27. The Hall–Kier alpha value is -2.59. The molecule has 0 fully saturated rings. The summed E-state index contributed by atoms with van der Waals surface area (Å²) in [5, 5.41) is 13.9. The van der Waals surface area contributed by atoms with Crippen molar-refractivity contribution in [1.29, 1.82) is 0 Å². The maximum Gasteiger partial charge on any atom is 0.327 e. The number of nitrogens with one attached hydrogen (secondary N) is 2. The monoisotopic (exact) mass is 396 g/mol. The van der Waals surface area contributed by atoms with E-state index in [1.807, 2.05) is 0 Å². The number of carboxylic acids is 1. The average Bonchev–Trinajstić information content (AvgIpc) is 2.63. The highest BCUT2D eigenvalue weighted by atomic mass is 32.1. The van der Waals surface area contributed by atoms with E-state index in [-0.39, 0.29) is 25.0 Å². The first kappa shape index (κ1) is 22.5. The van der Waals surface area contributed by atoms with Crippen LogP contribution < -0.4 is 22.1 Å². The van der Waals surface area contributed by atoms with Gasteiger partial charge in [0.2, 0.25) is 17.7 Å². The van der Waals surface area contributed by atoms with Crippen molar-refractivity contribution in [2.45, 2.75) is 37.4 Å². The van der Waals surface area contributed by atoms with Crippen molar-refractivity contribution in [3.63, 3.8) is 0 Å². The number of carbonyl (C=O) groups is 4. The van der Waals surface area contributed by atoms with Crippen molar-refractivity contribution in [3.05, 3.63) is 35.9 Å². The van der Waals surface area contributed by atoms with Gasteiger partial charge in [0.15, 0.2) is 0 Å². The Balaban J connectivity index is 2.86. The number of carboxylic acid groups (broad SMARTS) is 1. The Kier molecular flexibility index (Phi) is 9.31. The molecule has 1 aromatic rings. The van der Waals surface area contributed by atoms with Gasteiger partial charge in [0.1, 0.15) is 12.1 Å². The summed E-state index contributed by atoms with van der Waals surface area (Å²) in [7, 11) is 0. The van der Waals surface area contributed by atoms with Gasteiger partial charge in [0, 0.05) is 18.6 Å². The van der Waals surface area contributed by atoms with Crippen LogP contribution in [-0.2, 0) is 25.6 Å². The molecular weight excluding hydrogens is 372 g/mol. The van der Waals surface area contributed by atoms with Crippen molar-refractivity contribution >= 4 is 36.3 Å². The van der Waals surface area contributed by atoms with E-state index in [2.05, 4.69) is 23.3 Å². The summed E-state index contributed by atoms with van der Waals surface area (Å²) < 4.78 is 0. The highest BCUT2D eigenvalue weighted by molar-refractivity contribution is 7.80. The second kappa shape index (κ2) is 11.2. The third-order valence-corrected chi connectivity index (χ3v) is 4.12. The Morgan fingerprint density at radius 2 is 1.63 bits per heavy atom. The van der Waals surface area contributed by atoms with Gasteiger partial charge < -0.3 is 27.2 Å². The number of thiol groups is 1. The molecule has 0 radical (unpaired) electrons. The van der Waals surface area contributed by atoms with E-state index in [0.29, 0.717) is 0 Å². The maximum atomic E-state index is 12.5. The fourth-order valence-corrected chi connectivity index (χ4v) is 2.47. The molecule has 9 nitrogen and oxygen atoms in total. The lowest BCUT2D eigenvalue weighted by Gasteiger charge is -2.22. The molecule has 0 aliphatic rings. The van der Waals surface area contributed by atoms with Gasteiger partial charge in [-0.25, -0.2) is 4.79 Å². The van der Waals surface area contributed by atoms with Gasteiger partial charge in [-0.3, -0.25) is 14.4 Å². The summed E-state index contributed by atoms with van der Waals surface area (Å²) in [6, 6.07) is 5.64. The summed E-state index contributed by atoms with van der Waals surface area (Å²) in [6.07, 6.45) is 0.111. The minimum absolute atomic E-state index is 0.0369. The van der Waals surface area contributed by atoms with Crippen LogP contribution >= 0.6 is 12.6 Å². The van der Waals surface area contributed by atoms with Gasteiger partial charge in [-0.05, 0) is 12.0 Å². The summed E-state index contributed by atoms with van der Waals surface area (Å²) in [4.78, 5) is 46.7. The molecule has 148 valence electrons. The van der Waals surface area contributed by atoms with E-state index in [0.717, 1.165) is 5.56 Å². The third-order valence-electron chi connectivity index (χ3n) is 3.75. The standard InChI is InChI=1S/C17H24N4O5S/c18-11(6-7-14(19)22)15(23)20-12(8-10-4-2-1-3-5-10)16(24)21-13(9-27)17(25)26/h1-5,11-13,27H,6-9,18H2,(H2,19,22)(H,20,23)(H,21,24)(H,25,26)/t11-,12-,13-/m0/s1. The summed E-state index contributed by atoms with van der Waals surface area (Å²) in [5.41, 5.74) is 11.5. The summed E-state index contributed by atoms with van der Waals surface area (Å²) >= 11 is 3.90. The third kappa shape index (κ3) is 8.09. The molecule has 1 rings (SSSR count). The fraction of sp³-hybridized carbons (Fsp3) is 0.412. The molecule has 0 aromatic heterocycles. The zero-order valence-electron chi connectivity index (χ0n) is 14.6. The van der Waals surface area contributed by atoms with Gasteiger partial charge in [-0.2, -0.15) is 12.6 Å². The smallest absolute Gasteiger partial charge is 0.327 e. The molecule has 0 aliphatic heterocycles. The first-order valence-corrected chi connectivity index (χ1v) is 8.90. The molecule has 10 heteroatoms. The van der Waals surface area contributed by atoms with Crippen molar-refractivity contribution in [2.75, 3.05) is 5.75 Å². The van der Waals surface area contributed by atoms with Crippen LogP contribution in [0.5, 0.6) is 0 Å². The zero-order chi connectivity index (χ0) is 20.4. The van der Waals surface area contributed by atoms with Gasteiger partial charge in [0.25, 0.3) is 0 Å². The van der Waals surface area contributed by atoms with Crippen molar-refractivity contribution in [3.8, 4) is 0 Å². The topological polar surface area (TPSA) is 165 Å². The molecule has 0 saturated carbocycles. The number of hydrogen-bond donors (Lipinski definition) is 6. The van der Waals surface area contributed by atoms with Crippen LogP contribution in [0, 0.1) is 0 Å². The largest absolute Gasteiger partial charge is 0.480 e. The zero-order valence-corrected chi connectivity index (χ0v) is 15.5. The van der Waals surface area contributed by atoms with Gasteiger partial charge in [0.05, 0.1) is 6.04 Å². The molecule has 0 heterocycles. The van der Waals surface area contributed by atoms with Crippen molar-refractivity contribution in [2.24, 2.45) is 11.5 Å². The molecule has 0 saturated heterocycles. The van der Waals surface area contributed by atoms with Crippen LogP contribution in [-0.4, -0.2) is 52.7 Å². The number of carbonyl (C=O) groups excluding carboxylic acids is 3. The normalized spacial score (nSPS) is 13.9. The molecule has 0 aliphatic carbocycles. The van der Waals surface area contributed by atoms with E-state index in [9.17, 15) is 19.2 Å². The number of rotatable bonds is 11. The fourth-order valence-electron chi connectivity index (χ4n) is 2.22. The molecule has 0 bridgehead atoms. The van der Waals surface area contributed by atoms with Crippen LogP contribution in [0.4, 0.5) is 0 Å². The van der Waals surface area contributed by atoms with Crippen LogP contribution in [0.2, 0.25) is 0 Å². The highest BCUT2D eigenvalue weighted by Crippen LogP contribution is 2.05. The number of benzene rings is 1. The molecule has 3 atom stereocenters. The predicted molar refractivity (Wildman–Crippen MR) is 102 cm³/mol. The Morgan fingerprint density at radius 1 is 1.04 bits per heavy atom. The maximum absolute atomic E-state index is 12.5. The number of nitrogens with two attached hydrogens (primary N) is 2. The van der Waals surface area contributed by atoms with E-state index in [1.165, 1.54) is 0 Å². The summed E-state index contributed by atoms with van der Waals surface area (Å²) in [6.45, 7) is 0. The Labute approximate surface area is 162 Å². The quantitative estimate of drug-likeness (QED) is 0.257. The van der Waals surface area contributed by atoms with Gasteiger partial charge >= 0.3 is 5.97 Å². The van der Waals surface area contributed by atoms with Gasteiger partial charge in [-0.15, -0.1) is 0 Å². The lowest BCUT2D eigenvalue weighted by atomic mass is 10.0. The van der Waals surface area contributed by atoms with Crippen LogP contribution in [0.25, 0.3) is 0 Å². The SMILES string of the molecule is NC(=O)CC[C@H](N)C(=O)N[C@@H](Cc1ccccc1)C(=O)N[C@@H](CS)C(=O)O. The molecule has 3 amide bonds. The molecule has 7 N–H and O–H groups in total. The number of amides is 3. The summed E-state index contributed by atoms with van der Waals surface area (Å²) in [5.74, 6) is -3.23. The number of hydrogen-bond acceptors (Lipinski definition) is 6. The lowest BCUT2D eigenvalue weighted by molar-refractivity contribution is -0.141. The molecule has 1 aromatic carbocycles. The molecule has 0 unspecified atom stereocenters. The first-order valence-electron chi connectivity index (χ1n) is 8.26. The van der Waals surface area contributed by atoms with Crippen LogP contribution in [0.1, 0.15) is 18.4 Å². The minimum Gasteiger partial charge on any atom is -0.480 e. The van der Waals surface area contributed by atoms with E-state index in [4.69, 9.17) is 16.6 Å². The second-order valence-electron chi connectivity index (χ2n) is 5.94. The molecular formula is C17H24N4O5S. The van der Waals surface area contributed by atoms with E-state index >= 15 is 0 Å². The first-order chi connectivity index (χ1) is 12.7. The van der Waals surface area contributed by atoms with Crippen molar-refractivity contribution < 1.29 is 24.3 Å². The molecule has 0 spiro atoms. The van der Waals surface area contributed by atoms with Crippen molar-refractivity contribution in [1.82, 2.24) is 10.6 Å². The van der Waals surface area contributed by atoms with E-state index in [1.54, 1.807) is 30.3 Å². The predicted octanol–water partition coefficient (Wildman–Crippen LogP) is -1.19.